The van der Waals surface area contributed by atoms with E-state index < -0.39 is 34.0 Å². The van der Waals surface area contributed by atoms with Gasteiger partial charge in [-0.2, -0.15) is 4.31 Å². The summed E-state index contributed by atoms with van der Waals surface area (Å²) in [4.78, 5) is 12.1. The number of benzene rings is 2. The van der Waals surface area contributed by atoms with Crippen molar-refractivity contribution in [2.24, 2.45) is 0 Å². The molecule has 2 aromatic rings. The normalized spacial score (nSPS) is 20.4. The average molecular weight is 405 g/mol. The lowest BCUT2D eigenvalue weighted by atomic mass is 10.2. The Morgan fingerprint density at radius 1 is 1.14 bits per heavy atom. The van der Waals surface area contributed by atoms with Gasteiger partial charge in [-0.15, -0.1) is 0 Å². The molecule has 0 aliphatic carbocycles. The first-order valence-electron chi connectivity index (χ1n) is 8.64. The van der Waals surface area contributed by atoms with Crippen LogP contribution in [0.4, 0.5) is 4.39 Å². The molecule has 0 spiro atoms. The second kappa shape index (κ2) is 8.53. The maximum atomic E-state index is 13.8. The summed E-state index contributed by atoms with van der Waals surface area (Å²) in [6.45, 7) is -0.0877. The van der Waals surface area contributed by atoms with Crippen LogP contribution in [0.3, 0.4) is 0 Å². The highest BCUT2D eigenvalue weighted by molar-refractivity contribution is 7.92. The van der Waals surface area contributed by atoms with Crippen molar-refractivity contribution in [2.75, 3.05) is 13.7 Å². The highest BCUT2D eigenvalue weighted by Crippen LogP contribution is 2.28. The summed E-state index contributed by atoms with van der Waals surface area (Å²) in [5, 5.41) is 1.05. The lowest BCUT2D eigenvalue weighted by molar-refractivity contribution is -0.144. The molecule has 1 heterocycles. The molecular formula is C20H20FNO5S. The number of carbonyl (C=O) groups is 1. The highest BCUT2D eigenvalue weighted by Gasteiger charge is 2.44. The topological polar surface area (TPSA) is 72.9 Å². The third kappa shape index (κ3) is 4.58. The Morgan fingerprint density at radius 3 is 2.50 bits per heavy atom. The molecule has 0 saturated carbocycles. The summed E-state index contributed by atoms with van der Waals surface area (Å²) in [6.07, 6.45) is 0.842. The summed E-state index contributed by atoms with van der Waals surface area (Å²) in [5.74, 6) is -1.23. The van der Waals surface area contributed by atoms with E-state index in [4.69, 9.17) is 9.47 Å². The Hall–Kier alpha value is -2.71. The van der Waals surface area contributed by atoms with Gasteiger partial charge in [0.05, 0.1) is 13.7 Å². The Bertz CT molecular complexity index is 962. The van der Waals surface area contributed by atoms with E-state index in [-0.39, 0.29) is 18.7 Å². The maximum absolute atomic E-state index is 13.8. The third-order valence-corrected chi connectivity index (χ3v) is 5.92. The quantitative estimate of drug-likeness (QED) is 0.691. The molecule has 8 heteroatoms. The van der Waals surface area contributed by atoms with Crippen LogP contribution < -0.4 is 4.74 Å². The minimum absolute atomic E-state index is 0.00944. The molecule has 6 nitrogen and oxygen atoms in total. The first kappa shape index (κ1) is 20.0. The van der Waals surface area contributed by atoms with Crippen LogP contribution in [0.25, 0.3) is 6.08 Å². The van der Waals surface area contributed by atoms with E-state index in [1.807, 2.05) is 6.07 Å². The lowest BCUT2D eigenvalue weighted by Crippen LogP contribution is -2.40. The fourth-order valence-corrected chi connectivity index (χ4v) is 4.40. The third-order valence-electron chi connectivity index (χ3n) is 4.38. The molecule has 148 valence electrons. The van der Waals surface area contributed by atoms with Crippen LogP contribution in [0.15, 0.2) is 60.0 Å². The van der Waals surface area contributed by atoms with Crippen molar-refractivity contribution < 1.29 is 27.1 Å². The van der Waals surface area contributed by atoms with Crippen molar-refractivity contribution in [1.29, 1.82) is 0 Å². The molecule has 2 atom stereocenters. The zero-order valence-corrected chi connectivity index (χ0v) is 16.0. The monoisotopic (exact) mass is 405 g/mol. The Morgan fingerprint density at radius 2 is 1.82 bits per heavy atom. The van der Waals surface area contributed by atoms with E-state index in [0.29, 0.717) is 5.56 Å². The summed E-state index contributed by atoms with van der Waals surface area (Å²) in [6, 6.07) is 13.7. The van der Waals surface area contributed by atoms with Gasteiger partial charge in [0.15, 0.2) is 11.6 Å². The van der Waals surface area contributed by atoms with Crippen LogP contribution in [-0.4, -0.2) is 44.5 Å². The number of nitrogens with zero attached hydrogens (tertiary/aromatic N) is 1. The maximum Gasteiger partial charge on any atom is 0.324 e. The Labute approximate surface area is 163 Å². The van der Waals surface area contributed by atoms with Crippen molar-refractivity contribution in [1.82, 2.24) is 4.31 Å². The molecule has 1 saturated heterocycles. The van der Waals surface area contributed by atoms with Gasteiger partial charge in [-0.3, -0.25) is 4.79 Å². The van der Waals surface area contributed by atoms with Crippen molar-refractivity contribution in [3.05, 3.63) is 71.4 Å². The molecular weight excluding hydrogens is 385 g/mol. The summed E-state index contributed by atoms with van der Waals surface area (Å²) < 4.78 is 50.8. The number of para-hydroxylation sites is 1. The average Bonchev–Trinajstić information content (AvgIpc) is 3.13. The second-order valence-electron chi connectivity index (χ2n) is 6.27. The molecule has 0 bridgehead atoms. The van der Waals surface area contributed by atoms with Crippen molar-refractivity contribution in [3.8, 4) is 5.75 Å². The van der Waals surface area contributed by atoms with Gasteiger partial charge < -0.3 is 9.47 Å². The largest absolute Gasteiger partial charge is 0.486 e. The lowest BCUT2D eigenvalue weighted by Gasteiger charge is -2.19. The number of halogens is 1. The number of sulfonamides is 1. The minimum Gasteiger partial charge on any atom is -0.486 e. The Balaban J connectivity index is 1.81. The van der Waals surface area contributed by atoms with E-state index in [9.17, 15) is 17.6 Å². The molecule has 0 N–H and O–H groups in total. The van der Waals surface area contributed by atoms with E-state index >= 15 is 0 Å². The van der Waals surface area contributed by atoms with Gasteiger partial charge in [-0.05, 0) is 23.8 Å². The van der Waals surface area contributed by atoms with Crippen LogP contribution in [0.2, 0.25) is 0 Å². The van der Waals surface area contributed by atoms with Crippen LogP contribution >= 0.6 is 0 Å². The number of carbonyl (C=O) groups excluding carboxylic acids is 1. The molecule has 2 unspecified atom stereocenters. The molecule has 1 aliphatic rings. The van der Waals surface area contributed by atoms with Crippen molar-refractivity contribution in [2.45, 2.75) is 18.6 Å². The van der Waals surface area contributed by atoms with Gasteiger partial charge in [0.1, 0.15) is 12.1 Å². The van der Waals surface area contributed by atoms with Gasteiger partial charge in [0.2, 0.25) is 10.0 Å². The molecule has 0 radical (unpaired) electrons. The SMILES string of the molecule is COC(=O)C1CC(Oc2ccccc2F)CN1S(=O)(=O)C=Cc1ccccc1. The highest BCUT2D eigenvalue weighted by atomic mass is 32.2. The Kier molecular flexibility index (Phi) is 6.11. The number of ether oxygens (including phenoxy) is 2. The number of rotatable bonds is 6. The van der Waals surface area contributed by atoms with Crippen LogP contribution in [-0.2, 0) is 19.6 Å². The zero-order chi connectivity index (χ0) is 20.1. The number of hydrogen-bond acceptors (Lipinski definition) is 5. The number of methoxy groups -OCH3 is 1. The number of esters is 1. The minimum atomic E-state index is -3.92. The van der Waals surface area contributed by atoms with E-state index in [1.54, 1.807) is 30.3 Å². The van der Waals surface area contributed by atoms with Gasteiger partial charge >= 0.3 is 5.97 Å². The molecule has 1 aliphatic heterocycles. The standard InChI is InChI=1S/C20H20FNO5S/c1-26-20(23)18-13-16(27-19-10-6-5-9-17(19)21)14-22(18)28(24,25)12-11-15-7-3-2-4-8-15/h2-12,16,18H,13-14H2,1H3. The molecule has 0 aromatic heterocycles. The van der Waals surface area contributed by atoms with Gasteiger partial charge in [0, 0.05) is 11.8 Å². The van der Waals surface area contributed by atoms with E-state index in [1.165, 1.54) is 31.4 Å². The molecule has 1 fully saturated rings. The fraction of sp³-hybridized carbons (Fsp3) is 0.250. The number of hydrogen-bond donors (Lipinski definition) is 0. The molecule has 28 heavy (non-hydrogen) atoms. The molecule has 0 amide bonds. The van der Waals surface area contributed by atoms with Gasteiger partial charge in [-0.25, -0.2) is 12.8 Å². The van der Waals surface area contributed by atoms with E-state index in [2.05, 4.69) is 0 Å². The smallest absolute Gasteiger partial charge is 0.324 e. The predicted molar refractivity (Wildman–Crippen MR) is 102 cm³/mol. The van der Waals surface area contributed by atoms with Crippen molar-refractivity contribution in [3.63, 3.8) is 0 Å². The van der Waals surface area contributed by atoms with Crippen molar-refractivity contribution >= 4 is 22.1 Å². The first-order chi connectivity index (χ1) is 13.4. The van der Waals surface area contributed by atoms with Crippen LogP contribution in [0.1, 0.15) is 12.0 Å². The van der Waals surface area contributed by atoms with Crippen LogP contribution in [0, 0.1) is 5.82 Å². The van der Waals surface area contributed by atoms with E-state index in [0.717, 1.165) is 9.71 Å². The molecule has 2 aromatic carbocycles. The fourth-order valence-electron chi connectivity index (χ4n) is 3.01. The zero-order valence-electron chi connectivity index (χ0n) is 15.2. The summed E-state index contributed by atoms with van der Waals surface area (Å²) in [7, 11) is -2.73. The van der Waals surface area contributed by atoms with Crippen LogP contribution in [0.5, 0.6) is 5.75 Å². The first-order valence-corrected chi connectivity index (χ1v) is 10.1. The summed E-state index contributed by atoms with van der Waals surface area (Å²) >= 11 is 0. The molecule has 3 rings (SSSR count). The van der Waals surface area contributed by atoms with Gasteiger partial charge in [0.25, 0.3) is 0 Å². The predicted octanol–water partition coefficient (Wildman–Crippen LogP) is 2.82. The van der Waals surface area contributed by atoms with Gasteiger partial charge in [-0.1, -0.05) is 42.5 Å². The second-order valence-corrected chi connectivity index (χ2v) is 8.04. The summed E-state index contributed by atoms with van der Waals surface area (Å²) in [5.41, 5.74) is 0.707.